The minimum Gasteiger partial charge on any atom is -0.396 e. The molecule has 3 nitrogen and oxygen atoms in total. The average molecular weight is 256 g/mol. The van der Waals surface area contributed by atoms with Gasteiger partial charge in [0.15, 0.2) is 0 Å². The Bertz CT molecular complexity index is 302. The molecule has 6 atom stereocenters. The first-order valence-corrected chi connectivity index (χ1v) is 7.31. The fourth-order valence-electron chi connectivity index (χ4n) is 3.88. The summed E-state index contributed by atoms with van der Waals surface area (Å²) in [6.07, 6.45) is 4.18. The van der Waals surface area contributed by atoms with Crippen LogP contribution >= 0.6 is 0 Å². The van der Waals surface area contributed by atoms with Crippen molar-refractivity contribution in [1.82, 2.24) is 0 Å². The van der Waals surface area contributed by atoms with Gasteiger partial charge in [-0.3, -0.25) is 0 Å². The fraction of sp³-hybridized carbons (Fsp3) is 1.00. The molecule has 1 saturated heterocycles. The first kappa shape index (κ1) is 14.3. The molecular formula is C15H28O3. The van der Waals surface area contributed by atoms with Crippen molar-refractivity contribution < 1.29 is 14.9 Å². The van der Waals surface area contributed by atoms with Crippen LogP contribution in [-0.4, -0.2) is 34.1 Å². The monoisotopic (exact) mass is 256 g/mol. The van der Waals surface area contributed by atoms with E-state index in [1.54, 1.807) is 0 Å². The molecule has 0 aromatic heterocycles. The van der Waals surface area contributed by atoms with Crippen LogP contribution in [0.2, 0.25) is 0 Å². The number of hydrogen-bond acceptors (Lipinski definition) is 3. The highest BCUT2D eigenvalue weighted by atomic mass is 16.5. The Hall–Kier alpha value is -0.120. The van der Waals surface area contributed by atoms with Crippen molar-refractivity contribution in [3.63, 3.8) is 0 Å². The van der Waals surface area contributed by atoms with Crippen molar-refractivity contribution in [2.24, 2.45) is 17.8 Å². The lowest BCUT2D eigenvalue weighted by atomic mass is 9.77. The first-order valence-electron chi connectivity index (χ1n) is 7.31. The first-order chi connectivity index (χ1) is 8.30. The lowest BCUT2D eigenvalue weighted by Crippen LogP contribution is -2.41. The SMILES string of the molecule is CC(CO)[C@H]1CC[C@](C)([C@@H]2CC[C@@](C)(O)[C@H]2C)O1. The molecule has 1 heterocycles. The van der Waals surface area contributed by atoms with Gasteiger partial charge < -0.3 is 14.9 Å². The van der Waals surface area contributed by atoms with E-state index in [9.17, 15) is 10.2 Å². The summed E-state index contributed by atoms with van der Waals surface area (Å²) >= 11 is 0. The molecule has 0 radical (unpaired) electrons. The highest BCUT2D eigenvalue weighted by Crippen LogP contribution is 2.51. The maximum Gasteiger partial charge on any atom is 0.0691 e. The Morgan fingerprint density at radius 1 is 1.28 bits per heavy atom. The largest absolute Gasteiger partial charge is 0.396 e. The topological polar surface area (TPSA) is 49.7 Å². The highest BCUT2D eigenvalue weighted by Gasteiger charge is 2.52. The highest BCUT2D eigenvalue weighted by molar-refractivity contribution is 5.02. The summed E-state index contributed by atoms with van der Waals surface area (Å²) in [6, 6.07) is 0. The van der Waals surface area contributed by atoms with E-state index >= 15 is 0 Å². The zero-order valence-corrected chi connectivity index (χ0v) is 12.1. The van der Waals surface area contributed by atoms with Gasteiger partial charge in [0, 0.05) is 12.5 Å². The minimum absolute atomic E-state index is 0.117. The third kappa shape index (κ3) is 2.33. The third-order valence-electron chi connectivity index (χ3n) is 5.60. The van der Waals surface area contributed by atoms with Gasteiger partial charge in [-0.05, 0) is 51.4 Å². The van der Waals surface area contributed by atoms with Crippen molar-refractivity contribution >= 4 is 0 Å². The van der Waals surface area contributed by atoms with Crippen molar-refractivity contribution in [3.05, 3.63) is 0 Å². The molecule has 1 saturated carbocycles. The van der Waals surface area contributed by atoms with Crippen molar-refractivity contribution in [2.75, 3.05) is 6.61 Å². The summed E-state index contributed by atoms with van der Waals surface area (Å²) in [5.41, 5.74) is -0.661. The van der Waals surface area contributed by atoms with Crippen LogP contribution in [0.15, 0.2) is 0 Å². The molecule has 2 fully saturated rings. The number of aliphatic hydroxyl groups is 2. The van der Waals surface area contributed by atoms with Gasteiger partial charge >= 0.3 is 0 Å². The summed E-state index contributed by atoms with van der Waals surface area (Å²) in [6.45, 7) is 8.53. The molecule has 2 N–H and O–H groups in total. The Kier molecular flexibility index (Phi) is 3.79. The van der Waals surface area contributed by atoms with Crippen molar-refractivity contribution in [2.45, 2.75) is 70.7 Å². The summed E-state index contributed by atoms with van der Waals surface area (Å²) in [5.74, 6) is 0.929. The second kappa shape index (κ2) is 4.77. The van der Waals surface area contributed by atoms with Crippen LogP contribution in [0.1, 0.15) is 53.4 Å². The third-order valence-corrected chi connectivity index (χ3v) is 5.60. The van der Waals surface area contributed by atoms with Crippen LogP contribution in [0.3, 0.4) is 0 Å². The Morgan fingerprint density at radius 2 is 1.94 bits per heavy atom. The molecule has 2 rings (SSSR count). The normalized spacial score (nSPS) is 50.7. The number of hydrogen-bond donors (Lipinski definition) is 2. The van der Waals surface area contributed by atoms with E-state index < -0.39 is 5.60 Å². The summed E-state index contributed by atoms with van der Waals surface area (Å²) in [7, 11) is 0. The molecule has 1 unspecified atom stereocenters. The number of rotatable bonds is 3. The Morgan fingerprint density at radius 3 is 2.44 bits per heavy atom. The van der Waals surface area contributed by atoms with E-state index in [0.29, 0.717) is 5.92 Å². The van der Waals surface area contributed by atoms with Gasteiger partial charge in [0.25, 0.3) is 0 Å². The van der Waals surface area contributed by atoms with E-state index in [0.717, 1.165) is 25.7 Å². The molecule has 106 valence electrons. The quantitative estimate of drug-likeness (QED) is 0.815. The van der Waals surface area contributed by atoms with Crippen LogP contribution < -0.4 is 0 Å². The van der Waals surface area contributed by atoms with Gasteiger partial charge in [0.1, 0.15) is 0 Å². The van der Waals surface area contributed by atoms with Gasteiger partial charge in [-0.2, -0.15) is 0 Å². The van der Waals surface area contributed by atoms with Crippen LogP contribution in [0, 0.1) is 17.8 Å². The van der Waals surface area contributed by atoms with Gasteiger partial charge in [-0.25, -0.2) is 0 Å². The molecule has 0 bridgehead atoms. The molecule has 0 aromatic rings. The van der Waals surface area contributed by atoms with Gasteiger partial charge in [-0.1, -0.05) is 13.8 Å². The molecule has 2 aliphatic rings. The maximum atomic E-state index is 10.3. The number of ether oxygens (including phenoxy) is 1. The molecule has 0 amide bonds. The van der Waals surface area contributed by atoms with E-state index in [4.69, 9.17) is 4.74 Å². The predicted octanol–water partition coefficient (Wildman–Crippen LogP) is 2.35. The van der Waals surface area contributed by atoms with E-state index in [1.807, 2.05) is 13.8 Å². The molecule has 1 aliphatic carbocycles. The van der Waals surface area contributed by atoms with E-state index in [1.165, 1.54) is 0 Å². The average Bonchev–Trinajstić information content (AvgIpc) is 2.82. The number of aliphatic hydroxyl groups excluding tert-OH is 1. The minimum atomic E-state index is -0.544. The Labute approximate surface area is 111 Å². The van der Waals surface area contributed by atoms with Crippen LogP contribution in [0.25, 0.3) is 0 Å². The maximum absolute atomic E-state index is 10.3. The molecule has 3 heteroatoms. The standard InChI is InChI=1S/C15H28O3/c1-10(9-16)13-6-8-15(4,18-13)12-5-7-14(3,17)11(12)2/h10-13,16-17H,5-9H2,1-4H3/t10?,11-,12+,13+,14+,15+/m0/s1. The summed E-state index contributed by atoms with van der Waals surface area (Å²) in [4.78, 5) is 0. The molecule has 18 heavy (non-hydrogen) atoms. The summed E-state index contributed by atoms with van der Waals surface area (Å²) in [5, 5.41) is 19.6. The second-order valence-electron chi connectivity index (χ2n) is 6.96. The molecule has 0 aromatic carbocycles. The lowest BCUT2D eigenvalue weighted by Gasteiger charge is -2.37. The Balaban J connectivity index is 2.06. The van der Waals surface area contributed by atoms with Crippen LogP contribution in [0.5, 0.6) is 0 Å². The molecule has 0 spiro atoms. The van der Waals surface area contributed by atoms with Crippen molar-refractivity contribution in [3.8, 4) is 0 Å². The zero-order chi connectivity index (χ0) is 13.6. The fourth-order valence-corrected chi connectivity index (χ4v) is 3.88. The second-order valence-corrected chi connectivity index (χ2v) is 6.96. The smallest absolute Gasteiger partial charge is 0.0691 e. The predicted molar refractivity (Wildman–Crippen MR) is 71.3 cm³/mol. The lowest BCUT2D eigenvalue weighted by molar-refractivity contribution is -0.107. The molecule has 1 aliphatic heterocycles. The van der Waals surface area contributed by atoms with Gasteiger partial charge in [0.2, 0.25) is 0 Å². The van der Waals surface area contributed by atoms with Crippen molar-refractivity contribution in [1.29, 1.82) is 0 Å². The van der Waals surface area contributed by atoms with Crippen LogP contribution in [-0.2, 0) is 4.74 Å². The van der Waals surface area contributed by atoms with Gasteiger partial charge in [0.05, 0.1) is 17.3 Å². The summed E-state index contributed by atoms with van der Waals surface area (Å²) < 4.78 is 6.28. The zero-order valence-electron chi connectivity index (χ0n) is 12.1. The van der Waals surface area contributed by atoms with E-state index in [2.05, 4.69) is 13.8 Å². The van der Waals surface area contributed by atoms with Gasteiger partial charge in [-0.15, -0.1) is 0 Å². The molecular weight excluding hydrogens is 228 g/mol. The van der Waals surface area contributed by atoms with E-state index in [-0.39, 0.29) is 30.1 Å². The van der Waals surface area contributed by atoms with Crippen LogP contribution in [0.4, 0.5) is 0 Å².